The second-order valence-electron chi connectivity index (χ2n) is 5.12. The van der Waals surface area contributed by atoms with Crippen molar-refractivity contribution in [3.8, 4) is 0 Å². The summed E-state index contributed by atoms with van der Waals surface area (Å²) in [6.07, 6.45) is 0. The number of hydrogen-bond donors (Lipinski definition) is 1. The van der Waals surface area contributed by atoms with Crippen molar-refractivity contribution in [2.24, 2.45) is 0 Å². The minimum absolute atomic E-state index is 0.0301. The molecule has 2 aromatic carbocycles. The summed E-state index contributed by atoms with van der Waals surface area (Å²) in [5, 5.41) is 4.92. The van der Waals surface area contributed by atoms with Crippen molar-refractivity contribution in [1.29, 1.82) is 0 Å². The molecule has 4 nitrogen and oxygen atoms in total. The van der Waals surface area contributed by atoms with Crippen molar-refractivity contribution in [2.75, 3.05) is 6.54 Å². The van der Waals surface area contributed by atoms with E-state index in [9.17, 15) is 9.59 Å². The summed E-state index contributed by atoms with van der Waals surface area (Å²) in [4.78, 5) is 25.3. The fourth-order valence-electron chi connectivity index (χ4n) is 2.64. The second kappa shape index (κ2) is 4.96. The van der Waals surface area contributed by atoms with E-state index < -0.39 is 6.04 Å². The summed E-state index contributed by atoms with van der Waals surface area (Å²) in [5.74, 6) is -0.130. The zero-order chi connectivity index (χ0) is 14.1. The van der Waals surface area contributed by atoms with Gasteiger partial charge in [-0.2, -0.15) is 0 Å². The molecule has 1 fully saturated rings. The van der Waals surface area contributed by atoms with Gasteiger partial charge in [-0.25, -0.2) is 0 Å². The van der Waals surface area contributed by atoms with Crippen LogP contribution < -0.4 is 5.32 Å². The molecule has 2 aromatic rings. The third-order valence-electron chi connectivity index (χ3n) is 3.64. The molecule has 1 aliphatic rings. The van der Waals surface area contributed by atoms with Crippen molar-refractivity contribution < 1.29 is 9.59 Å². The minimum Gasteiger partial charge on any atom is -0.343 e. The summed E-state index contributed by atoms with van der Waals surface area (Å²) in [6.45, 7) is 2.32. The van der Waals surface area contributed by atoms with Crippen molar-refractivity contribution in [1.82, 2.24) is 10.2 Å². The van der Waals surface area contributed by atoms with Gasteiger partial charge in [-0.15, -0.1) is 0 Å². The van der Waals surface area contributed by atoms with Gasteiger partial charge >= 0.3 is 0 Å². The molecular formula is C16H16N2O2. The number of fused-ring (bicyclic) bond motifs is 1. The fraction of sp³-hybridized carbons (Fsp3) is 0.250. The number of carbonyl (C=O) groups excluding carboxylic acids is 2. The summed E-state index contributed by atoms with van der Waals surface area (Å²) in [5.41, 5.74) is 1.07. The van der Waals surface area contributed by atoms with E-state index in [0.29, 0.717) is 6.54 Å². The first-order valence-electron chi connectivity index (χ1n) is 6.70. The summed E-state index contributed by atoms with van der Waals surface area (Å²) >= 11 is 0. The highest BCUT2D eigenvalue weighted by Crippen LogP contribution is 2.20. The van der Waals surface area contributed by atoms with Crippen LogP contribution in [0.5, 0.6) is 0 Å². The molecule has 0 radical (unpaired) electrons. The number of nitrogens with zero attached hydrogens (tertiary/aromatic N) is 1. The van der Waals surface area contributed by atoms with Gasteiger partial charge in [0, 0.05) is 6.54 Å². The first-order valence-corrected chi connectivity index (χ1v) is 6.70. The molecule has 0 bridgehead atoms. The molecule has 1 unspecified atom stereocenters. The number of rotatable bonds is 2. The van der Waals surface area contributed by atoms with E-state index in [2.05, 4.69) is 5.32 Å². The van der Waals surface area contributed by atoms with Crippen molar-refractivity contribution in [2.45, 2.75) is 19.5 Å². The lowest BCUT2D eigenvalue weighted by Gasteiger charge is -2.31. The van der Waals surface area contributed by atoms with Gasteiger partial charge in [0.05, 0.1) is 6.54 Å². The molecule has 1 atom stereocenters. The van der Waals surface area contributed by atoms with Crippen molar-refractivity contribution in [3.05, 3.63) is 48.0 Å². The quantitative estimate of drug-likeness (QED) is 0.901. The average Bonchev–Trinajstić information content (AvgIpc) is 2.44. The Kier molecular flexibility index (Phi) is 3.14. The largest absolute Gasteiger partial charge is 0.343 e. The SMILES string of the molecule is CC1NC(=O)CN(Cc2cccc3ccccc23)C1=O. The predicted octanol–water partition coefficient (Wildman–Crippen LogP) is 1.69. The fourth-order valence-corrected chi connectivity index (χ4v) is 2.64. The molecular weight excluding hydrogens is 252 g/mol. The van der Waals surface area contributed by atoms with Crippen molar-refractivity contribution >= 4 is 22.6 Å². The van der Waals surface area contributed by atoms with E-state index in [-0.39, 0.29) is 18.4 Å². The van der Waals surface area contributed by atoms with Crippen LogP contribution in [0.15, 0.2) is 42.5 Å². The zero-order valence-electron chi connectivity index (χ0n) is 11.3. The topological polar surface area (TPSA) is 49.4 Å². The van der Waals surface area contributed by atoms with Gasteiger partial charge in [-0.3, -0.25) is 9.59 Å². The Morgan fingerprint density at radius 3 is 2.75 bits per heavy atom. The molecule has 102 valence electrons. The Morgan fingerprint density at radius 1 is 1.15 bits per heavy atom. The number of hydrogen-bond acceptors (Lipinski definition) is 2. The van der Waals surface area contributed by atoms with E-state index in [4.69, 9.17) is 0 Å². The molecule has 0 aliphatic carbocycles. The van der Waals surface area contributed by atoms with E-state index in [1.54, 1.807) is 11.8 Å². The van der Waals surface area contributed by atoms with E-state index >= 15 is 0 Å². The third kappa shape index (κ3) is 2.25. The Hall–Kier alpha value is -2.36. The van der Waals surface area contributed by atoms with Crippen LogP contribution in [0.25, 0.3) is 10.8 Å². The van der Waals surface area contributed by atoms with Crippen LogP contribution in [0.1, 0.15) is 12.5 Å². The maximum atomic E-state index is 12.1. The molecule has 3 rings (SSSR count). The van der Waals surface area contributed by atoms with Gasteiger partial charge in [0.25, 0.3) is 0 Å². The van der Waals surface area contributed by atoms with Crippen LogP contribution in [0.4, 0.5) is 0 Å². The van der Waals surface area contributed by atoms with E-state index in [1.807, 2.05) is 42.5 Å². The monoisotopic (exact) mass is 268 g/mol. The lowest BCUT2D eigenvalue weighted by atomic mass is 10.0. The normalized spacial score (nSPS) is 19.2. The minimum atomic E-state index is -0.439. The Balaban J connectivity index is 1.93. The molecule has 0 spiro atoms. The first kappa shape index (κ1) is 12.7. The lowest BCUT2D eigenvalue weighted by Crippen LogP contribution is -2.56. The number of amides is 2. The maximum Gasteiger partial charge on any atom is 0.245 e. The van der Waals surface area contributed by atoms with Crippen LogP contribution in [0.3, 0.4) is 0 Å². The smallest absolute Gasteiger partial charge is 0.245 e. The molecule has 1 N–H and O–H groups in total. The van der Waals surface area contributed by atoms with Gasteiger partial charge in [0.1, 0.15) is 6.04 Å². The van der Waals surface area contributed by atoms with Gasteiger partial charge in [0.2, 0.25) is 11.8 Å². The zero-order valence-corrected chi connectivity index (χ0v) is 11.3. The predicted molar refractivity (Wildman–Crippen MR) is 77.0 cm³/mol. The molecule has 1 heterocycles. The standard InChI is InChI=1S/C16H16N2O2/c1-11-16(20)18(10-15(19)17-11)9-13-7-4-6-12-5-2-3-8-14(12)13/h2-8,11H,9-10H2,1H3,(H,17,19). The molecule has 20 heavy (non-hydrogen) atoms. The maximum absolute atomic E-state index is 12.1. The van der Waals surface area contributed by atoms with Gasteiger partial charge in [-0.1, -0.05) is 42.5 Å². The molecule has 0 saturated carbocycles. The third-order valence-corrected chi connectivity index (χ3v) is 3.64. The number of benzene rings is 2. The molecule has 1 saturated heterocycles. The number of nitrogens with one attached hydrogen (secondary N) is 1. The van der Waals surface area contributed by atoms with Gasteiger partial charge in [-0.05, 0) is 23.3 Å². The van der Waals surface area contributed by atoms with Crippen LogP contribution in [-0.4, -0.2) is 29.3 Å². The number of carbonyl (C=O) groups is 2. The highest BCUT2D eigenvalue weighted by molar-refractivity contribution is 5.95. The summed E-state index contributed by atoms with van der Waals surface area (Å²) in [6, 6.07) is 13.7. The molecule has 2 amide bonds. The van der Waals surface area contributed by atoms with Gasteiger partial charge < -0.3 is 10.2 Å². The highest BCUT2D eigenvalue weighted by atomic mass is 16.2. The average molecular weight is 268 g/mol. The van der Waals surface area contributed by atoms with Crippen LogP contribution in [0.2, 0.25) is 0 Å². The van der Waals surface area contributed by atoms with Crippen LogP contribution >= 0.6 is 0 Å². The summed E-state index contributed by atoms with van der Waals surface area (Å²) in [7, 11) is 0. The molecule has 0 aromatic heterocycles. The van der Waals surface area contributed by atoms with E-state index in [1.165, 1.54) is 0 Å². The highest BCUT2D eigenvalue weighted by Gasteiger charge is 2.29. The van der Waals surface area contributed by atoms with E-state index in [0.717, 1.165) is 16.3 Å². The second-order valence-corrected chi connectivity index (χ2v) is 5.12. The lowest BCUT2D eigenvalue weighted by molar-refractivity contribution is -0.144. The molecule has 1 aliphatic heterocycles. The first-order chi connectivity index (χ1) is 9.65. The Labute approximate surface area is 117 Å². The van der Waals surface area contributed by atoms with Crippen LogP contribution in [-0.2, 0) is 16.1 Å². The molecule has 4 heteroatoms. The van der Waals surface area contributed by atoms with Crippen LogP contribution in [0, 0.1) is 0 Å². The van der Waals surface area contributed by atoms with Gasteiger partial charge in [0.15, 0.2) is 0 Å². The Bertz CT molecular complexity index is 676. The summed E-state index contributed by atoms with van der Waals surface area (Å²) < 4.78 is 0. The Morgan fingerprint density at radius 2 is 1.90 bits per heavy atom. The van der Waals surface area contributed by atoms with Crippen molar-refractivity contribution in [3.63, 3.8) is 0 Å². The number of piperazine rings is 1.